The second-order valence-electron chi connectivity index (χ2n) is 10.2. The molecule has 1 aliphatic carbocycles. The number of para-hydroxylation sites is 1. The number of hydrogen-bond acceptors (Lipinski definition) is 5. The molecule has 2 aliphatic rings. The fourth-order valence-corrected chi connectivity index (χ4v) is 6.17. The van der Waals surface area contributed by atoms with Gasteiger partial charge in [-0.2, -0.15) is 8.42 Å². The monoisotopic (exact) mass is 480 g/mol. The lowest BCUT2D eigenvalue weighted by Gasteiger charge is -2.42. The second kappa shape index (κ2) is 9.10. The van der Waals surface area contributed by atoms with Crippen LogP contribution in [0.1, 0.15) is 69.3 Å². The molecule has 2 aromatic rings. The Bertz CT molecular complexity index is 1250. The molecular formula is C27H32N2O4S. The standard InChI is InChI=1S/C27H32N2O4S/c1-17(2)13-15-27(16-14-18(3)4)20-10-6-5-9-19(20)24(30)23(25(27)31)26-28-21-11-7-8-12-22(21)34(32,33)29-26/h5-12,17-18,23H,13-16H2,1-4H3,(H,28,29). The number of fused-ring (bicyclic) bond motifs is 2. The molecule has 0 spiro atoms. The summed E-state index contributed by atoms with van der Waals surface area (Å²) < 4.78 is 29.8. The molecule has 180 valence electrons. The first-order valence-corrected chi connectivity index (χ1v) is 13.4. The van der Waals surface area contributed by atoms with Crippen molar-refractivity contribution in [3.63, 3.8) is 0 Å². The lowest BCUT2D eigenvalue weighted by molar-refractivity contribution is -0.126. The Morgan fingerprint density at radius 2 is 1.50 bits per heavy atom. The predicted molar refractivity (Wildman–Crippen MR) is 134 cm³/mol. The molecule has 1 N–H and O–H groups in total. The molecule has 0 fully saturated rings. The summed E-state index contributed by atoms with van der Waals surface area (Å²) in [6, 6.07) is 13.7. The van der Waals surface area contributed by atoms with Crippen LogP contribution in [0.2, 0.25) is 0 Å². The number of ketones is 2. The number of carbonyl (C=O) groups excluding carboxylic acids is 2. The van der Waals surface area contributed by atoms with Crippen molar-refractivity contribution in [3.8, 4) is 0 Å². The Hall–Kier alpha value is -2.80. The van der Waals surface area contributed by atoms with Gasteiger partial charge in [-0.3, -0.25) is 9.59 Å². The van der Waals surface area contributed by atoms with Crippen molar-refractivity contribution >= 4 is 33.1 Å². The van der Waals surface area contributed by atoms with Gasteiger partial charge in [0, 0.05) is 5.56 Å². The summed E-state index contributed by atoms with van der Waals surface area (Å²) in [5.74, 6) is -1.27. The number of nitrogens with zero attached hydrogens (tertiary/aromatic N) is 1. The van der Waals surface area contributed by atoms with Crippen LogP contribution in [0.5, 0.6) is 0 Å². The quantitative estimate of drug-likeness (QED) is 0.536. The Kier molecular flexibility index (Phi) is 6.51. The van der Waals surface area contributed by atoms with Crippen LogP contribution in [0.4, 0.5) is 5.69 Å². The molecule has 2 aromatic carbocycles. The summed E-state index contributed by atoms with van der Waals surface area (Å²) in [6.07, 6.45) is 2.85. The van der Waals surface area contributed by atoms with Crippen LogP contribution in [0, 0.1) is 17.8 Å². The van der Waals surface area contributed by atoms with Gasteiger partial charge in [0.05, 0.1) is 11.1 Å². The number of amidine groups is 1. The zero-order valence-corrected chi connectivity index (χ0v) is 21.0. The van der Waals surface area contributed by atoms with E-state index in [-0.39, 0.29) is 16.5 Å². The molecule has 34 heavy (non-hydrogen) atoms. The zero-order valence-electron chi connectivity index (χ0n) is 20.2. The topological polar surface area (TPSA) is 92.7 Å². The molecule has 0 bridgehead atoms. The second-order valence-corrected chi connectivity index (χ2v) is 11.8. The number of sulfonamides is 1. The van der Waals surface area contributed by atoms with Crippen LogP contribution in [0.25, 0.3) is 0 Å². The van der Waals surface area contributed by atoms with Crippen LogP contribution in [-0.2, 0) is 20.2 Å². The van der Waals surface area contributed by atoms with E-state index in [1.54, 1.807) is 30.3 Å². The van der Waals surface area contributed by atoms with Crippen molar-refractivity contribution in [3.05, 3.63) is 59.7 Å². The van der Waals surface area contributed by atoms with Gasteiger partial charge in [-0.15, -0.1) is 4.40 Å². The predicted octanol–water partition coefficient (Wildman–Crippen LogP) is 5.39. The maximum absolute atomic E-state index is 14.3. The maximum Gasteiger partial charge on any atom is 0.286 e. The molecule has 0 saturated carbocycles. The van der Waals surface area contributed by atoms with Crippen LogP contribution in [0.3, 0.4) is 0 Å². The highest BCUT2D eigenvalue weighted by Crippen LogP contribution is 2.46. The largest absolute Gasteiger partial charge is 0.341 e. The minimum absolute atomic E-state index is 0.0423. The van der Waals surface area contributed by atoms with Gasteiger partial charge in [0.15, 0.2) is 11.6 Å². The van der Waals surface area contributed by atoms with E-state index in [1.165, 1.54) is 6.07 Å². The third kappa shape index (κ3) is 4.22. The molecule has 0 amide bonds. The van der Waals surface area contributed by atoms with Crippen molar-refractivity contribution in [2.75, 3.05) is 5.32 Å². The van der Waals surface area contributed by atoms with Gasteiger partial charge in [0.2, 0.25) is 0 Å². The summed E-state index contributed by atoms with van der Waals surface area (Å²) in [5, 5.41) is 3.01. The molecule has 4 rings (SSSR count). The van der Waals surface area contributed by atoms with Crippen LogP contribution >= 0.6 is 0 Å². The van der Waals surface area contributed by atoms with Crippen molar-refractivity contribution in [1.82, 2.24) is 0 Å². The van der Waals surface area contributed by atoms with Crippen molar-refractivity contribution in [1.29, 1.82) is 0 Å². The zero-order chi connectivity index (χ0) is 24.7. The summed E-state index contributed by atoms with van der Waals surface area (Å²) in [7, 11) is -4.03. The van der Waals surface area contributed by atoms with Gasteiger partial charge >= 0.3 is 0 Å². The van der Waals surface area contributed by atoms with Gasteiger partial charge in [-0.05, 0) is 55.2 Å². The van der Waals surface area contributed by atoms with E-state index in [9.17, 15) is 18.0 Å². The van der Waals surface area contributed by atoms with E-state index >= 15 is 0 Å². The Labute approximate surface area is 201 Å². The normalized spacial score (nSPS) is 20.5. The highest BCUT2D eigenvalue weighted by molar-refractivity contribution is 7.90. The smallest absolute Gasteiger partial charge is 0.286 e. The maximum atomic E-state index is 14.3. The third-order valence-electron chi connectivity index (χ3n) is 6.92. The van der Waals surface area contributed by atoms with Crippen molar-refractivity contribution < 1.29 is 18.0 Å². The number of carbonyl (C=O) groups is 2. The van der Waals surface area contributed by atoms with Gasteiger partial charge in [0.1, 0.15) is 16.6 Å². The molecular weight excluding hydrogens is 448 g/mol. The summed E-state index contributed by atoms with van der Waals surface area (Å²) in [5.41, 5.74) is 0.721. The number of benzene rings is 2. The fraction of sp³-hybridized carbons (Fsp3) is 0.444. The highest BCUT2D eigenvalue weighted by Gasteiger charge is 2.53. The first-order valence-electron chi connectivity index (χ1n) is 12.0. The van der Waals surface area contributed by atoms with Gasteiger partial charge in [-0.25, -0.2) is 0 Å². The van der Waals surface area contributed by atoms with Crippen molar-refractivity contribution in [2.45, 2.75) is 63.7 Å². The highest BCUT2D eigenvalue weighted by atomic mass is 32.2. The molecule has 0 saturated heterocycles. The first kappa shape index (κ1) is 24.3. The van der Waals surface area contributed by atoms with Gasteiger partial charge in [-0.1, -0.05) is 64.1 Å². The lowest BCUT2D eigenvalue weighted by atomic mass is 9.59. The van der Waals surface area contributed by atoms with Gasteiger partial charge in [0.25, 0.3) is 10.0 Å². The SMILES string of the molecule is CC(C)CCC1(CCC(C)C)C(=O)C(C2=NS(=O)(=O)c3ccccc3N2)C(=O)c2ccccc21. The molecule has 7 heteroatoms. The van der Waals surface area contributed by atoms with E-state index in [0.29, 0.717) is 35.9 Å². The Balaban J connectivity index is 1.88. The third-order valence-corrected chi connectivity index (χ3v) is 8.27. The number of nitrogens with one attached hydrogen (secondary N) is 1. The average Bonchev–Trinajstić information content (AvgIpc) is 2.78. The Morgan fingerprint density at radius 1 is 0.912 bits per heavy atom. The van der Waals surface area contributed by atoms with E-state index in [2.05, 4.69) is 37.4 Å². The van der Waals surface area contributed by atoms with Crippen molar-refractivity contribution in [2.24, 2.45) is 22.2 Å². The van der Waals surface area contributed by atoms with Gasteiger partial charge < -0.3 is 5.32 Å². The fourth-order valence-electron chi connectivity index (χ4n) is 5.02. The van der Waals surface area contributed by atoms with E-state index in [4.69, 9.17) is 0 Å². The lowest BCUT2D eigenvalue weighted by Crippen LogP contribution is -2.53. The molecule has 0 aromatic heterocycles. The summed E-state index contributed by atoms with van der Waals surface area (Å²) >= 11 is 0. The minimum atomic E-state index is -4.03. The summed E-state index contributed by atoms with van der Waals surface area (Å²) in [6.45, 7) is 8.48. The van der Waals surface area contributed by atoms with Crippen LogP contribution < -0.4 is 5.32 Å². The summed E-state index contributed by atoms with van der Waals surface area (Å²) in [4.78, 5) is 28.1. The Morgan fingerprint density at radius 3 is 2.15 bits per heavy atom. The number of anilines is 1. The average molecular weight is 481 g/mol. The van der Waals surface area contributed by atoms with Crippen LogP contribution in [-0.4, -0.2) is 25.8 Å². The van der Waals surface area contributed by atoms with E-state index < -0.39 is 27.1 Å². The number of hydrogen-bond donors (Lipinski definition) is 1. The first-order chi connectivity index (χ1) is 16.1. The molecule has 1 atom stereocenters. The number of Topliss-reactive ketones (excluding diaryl/α,β-unsaturated/α-hetero) is 2. The molecule has 0 radical (unpaired) electrons. The molecule has 1 aliphatic heterocycles. The van der Waals surface area contributed by atoms with E-state index in [1.807, 2.05) is 12.1 Å². The van der Waals surface area contributed by atoms with Crippen LogP contribution in [0.15, 0.2) is 57.8 Å². The molecule has 6 nitrogen and oxygen atoms in total. The van der Waals surface area contributed by atoms with E-state index in [0.717, 1.165) is 18.4 Å². The molecule has 1 heterocycles. The minimum Gasteiger partial charge on any atom is -0.341 e. The number of rotatable bonds is 7. The molecule has 1 unspecified atom stereocenters.